The van der Waals surface area contributed by atoms with Gasteiger partial charge in [-0.1, -0.05) is 12.1 Å². The highest BCUT2D eigenvalue weighted by atomic mass is 32.2. The van der Waals surface area contributed by atoms with E-state index >= 15 is 0 Å². The molecule has 0 radical (unpaired) electrons. The summed E-state index contributed by atoms with van der Waals surface area (Å²) in [7, 11) is -3.24. The van der Waals surface area contributed by atoms with Gasteiger partial charge < -0.3 is 4.90 Å². The number of sulfone groups is 1. The summed E-state index contributed by atoms with van der Waals surface area (Å²) in [5.41, 5.74) is 1.94. The van der Waals surface area contributed by atoms with Crippen molar-refractivity contribution in [1.82, 2.24) is 9.88 Å². The number of rotatable bonds is 3. The van der Waals surface area contributed by atoms with Crippen molar-refractivity contribution in [3.63, 3.8) is 0 Å². The van der Waals surface area contributed by atoms with Crippen molar-refractivity contribution < 1.29 is 13.2 Å². The van der Waals surface area contributed by atoms with Crippen LogP contribution < -0.4 is 0 Å². The maximum atomic E-state index is 13.0. The molecule has 4 rings (SSSR count). The molecule has 1 aliphatic heterocycles. The molecular formula is C19H20N2O3S. The number of piperidine rings is 1. The summed E-state index contributed by atoms with van der Waals surface area (Å²) in [6.45, 7) is 0.838. The van der Waals surface area contributed by atoms with E-state index in [4.69, 9.17) is 0 Å². The summed E-state index contributed by atoms with van der Waals surface area (Å²) in [5.74, 6) is 0.672. The van der Waals surface area contributed by atoms with Crippen LogP contribution >= 0.6 is 0 Å². The number of benzene rings is 1. The van der Waals surface area contributed by atoms with E-state index in [1.807, 2.05) is 4.90 Å². The first-order valence-corrected chi connectivity index (χ1v) is 10.4. The number of pyridine rings is 1. The zero-order valence-electron chi connectivity index (χ0n) is 14.1. The summed E-state index contributed by atoms with van der Waals surface area (Å²) >= 11 is 0. The molecule has 2 bridgehead atoms. The zero-order valence-corrected chi connectivity index (χ0v) is 14.9. The Morgan fingerprint density at radius 2 is 1.92 bits per heavy atom. The van der Waals surface area contributed by atoms with Gasteiger partial charge in [0.05, 0.1) is 16.2 Å². The molecule has 25 heavy (non-hydrogen) atoms. The maximum Gasteiger partial charge on any atom is 0.256 e. The molecule has 1 amide bonds. The van der Waals surface area contributed by atoms with Crippen molar-refractivity contribution in [2.75, 3.05) is 12.8 Å². The van der Waals surface area contributed by atoms with E-state index in [9.17, 15) is 13.2 Å². The summed E-state index contributed by atoms with van der Waals surface area (Å²) in [4.78, 5) is 19.7. The van der Waals surface area contributed by atoms with Gasteiger partial charge in [0.25, 0.3) is 5.91 Å². The normalized spacial score (nSPS) is 22.4. The fourth-order valence-electron chi connectivity index (χ4n) is 4.00. The van der Waals surface area contributed by atoms with Gasteiger partial charge >= 0.3 is 0 Å². The minimum atomic E-state index is -3.24. The minimum Gasteiger partial charge on any atom is -0.335 e. The molecule has 1 aromatic carbocycles. The molecule has 2 aliphatic rings. The van der Waals surface area contributed by atoms with Gasteiger partial charge in [-0.3, -0.25) is 9.78 Å². The molecule has 0 spiro atoms. The Balaban J connectivity index is 1.68. The summed E-state index contributed by atoms with van der Waals surface area (Å²) in [6, 6.07) is 10.5. The van der Waals surface area contributed by atoms with Crippen molar-refractivity contribution in [2.24, 2.45) is 5.92 Å². The molecule has 6 heteroatoms. The van der Waals surface area contributed by atoms with Gasteiger partial charge in [0.2, 0.25) is 0 Å². The molecule has 0 N–H and O–H groups in total. The van der Waals surface area contributed by atoms with Crippen molar-refractivity contribution in [3.05, 3.63) is 48.2 Å². The van der Waals surface area contributed by atoms with Gasteiger partial charge in [0, 0.05) is 30.6 Å². The van der Waals surface area contributed by atoms with E-state index in [0.29, 0.717) is 23.2 Å². The van der Waals surface area contributed by atoms with Gasteiger partial charge in [-0.2, -0.15) is 0 Å². The molecule has 1 aliphatic carbocycles. The highest BCUT2D eigenvalue weighted by Crippen LogP contribution is 2.38. The van der Waals surface area contributed by atoms with Gasteiger partial charge in [-0.05, 0) is 49.4 Å². The van der Waals surface area contributed by atoms with Crippen molar-refractivity contribution in [3.8, 4) is 11.3 Å². The zero-order chi connectivity index (χ0) is 17.6. The second-order valence-corrected chi connectivity index (χ2v) is 9.00. The van der Waals surface area contributed by atoms with Crippen molar-refractivity contribution in [1.29, 1.82) is 0 Å². The Bertz CT molecular complexity index is 922. The van der Waals surface area contributed by atoms with Crippen LogP contribution in [0.15, 0.2) is 47.5 Å². The average molecular weight is 356 g/mol. The van der Waals surface area contributed by atoms with Crippen LogP contribution in [0.1, 0.15) is 29.6 Å². The van der Waals surface area contributed by atoms with Crippen LogP contribution in [-0.4, -0.2) is 43.1 Å². The Labute approximate surface area is 147 Å². The molecule has 2 heterocycles. The van der Waals surface area contributed by atoms with Crippen LogP contribution in [0.25, 0.3) is 11.3 Å². The second kappa shape index (κ2) is 5.95. The smallest absolute Gasteiger partial charge is 0.256 e. The fraction of sp³-hybridized carbons (Fsp3) is 0.368. The minimum absolute atomic E-state index is 0.0301. The number of aromatic nitrogens is 1. The molecular weight excluding hydrogens is 336 g/mol. The highest BCUT2D eigenvalue weighted by molar-refractivity contribution is 7.90. The quantitative estimate of drug-likeness (QED) is 0.848. The van der Waals surface area contributed by atoms with E-state index in [2.05, 4.69) is 4.98 Å². The third-order valence-electron chi connectivity index (χ3n) is 5.26. The van der Waals surface area contributed by atoms with E-state index in [0.717, 1.165) is 24.9 Å². The highest BCUT2D eigenvalue weighted by Gasteiger charge is 2.40. The molecule has 2 atom stereocenters. The predicted octanol–water partition coefficient (Wildman–Crippen LogP) is 2.78. The standard InChI is InChI=1S/C19H20N2O3S/c1-25(23,24)16-8-5-14(6-9-16)18-17(3-2-10-20-18)19(22)21-12-13-4-7-15(21)11-13/h2-3,5-6,8-10,13,15H,4,7,11-12H2,1H3/t13-,15+/m0/s1. The lowest BCUT2D eigenvalue weighted by Gasteiger charge is -2.27. The Morgan fingerprint density at radius 1 is 1.16 bits per heavy atom. The van der Waals surface area contributed by atoms with Crippen LogP contribution in [0.5, 0.6) is 0 Å². The Kier molecular flexibility index (Phi) is 3.87. The summed E-state index contributed by atoms with van der Waals surface area (Å²) in [6.07, 6.45) is 6.27. The fourth-order valence-corrected chi connectivity index (χ4v) is 4.63. The number of fused-ring (bicyclic) bond motifs is 2. The second-order valence-electron chi connectivity index (χ2n) is 6.99. The molecule has 5 nitrogen and oxygen atoms in total. The molecule has 1 aromatic heterocycles. The first-order chi connectivity index (χ1) is 11.9. The van der Waals surface area contributed by atoms with Crippen LogP contribution in [-0.2, 0) is 9.84 Å². The SMILES string of the molecule is CS(=O)(=O)c1ccc(-c2ncccc2C(=O)N2C[C@H]3CC[C@@H]2C3)cc1. The maximum absolute atomic E-state index is 13.0. The third-order valence-corrected chi connectivity index (χ3v) is 6.39. The van der Waals surface area contributed by atoms with Gasteiger partial charge in [-0.15, -0.1) is 0 Å². The number of carbonyl (C=O) groups excluding carboxylic acids is 1. The molecule has 1 saturated carbocycles. The number of hydrogen-bond donors (Lipinski definition) is 0. The van der Waals surface area contributed by atoms with E-state index in [-0.39, 0.29) is 10.8 Å². The monoisotopic (exact) mass is 356 g/mol. The topological polar surface area (TPSA) is 67.3 Å². The lowest BCUT2D eigenvalue weighted by Crippen LogP contribution is -2.37. The van der Waals surface area contributed by atoms with E-state index in [1.165, 1.54) is 12.7 Å². The van der Waals surface area contributed by atoms with E-state index in [1.54, 1.807) is 42.6 Å². The van der Waals surface area contributed by atoms with Gasteiger partial charge in [-0.25, -0.2) is 8.42 Å². The first-order valence-electron chi connectivity index (χ1n) is 8.50. The summed E-state index contributed by atoms with van der Waals surface area (Å²) < 4.78 is 23.3. The van der Waals surface area contributed by atoms with Crippen molar-refractivity contribution in [2.45, 2.75) is 30.2 Å². The predicted molar refractivity (Wildman–Crippen MR) is 94.9 cm³/mol. The lowest BCUT2D eigenvalue weighted by atomic mass is 10.0. The van der Waals surface area contributed by atoms with Crippen LogP contribution in [0, 0.1) is 5.92 Å². The molecule has 2 fully saturated rings. The molecule has 1 saturated heterocycles. The van der Waals surface area contributed by atoms with Crippen molar-refractivity contribution >= 4 is 15.7 Å². The summed E-state index contributed by atoms with van der Waals surface area (Å²) in [5, 5.41) is 0. The number of hydrogen-bond acceptors (Lipinski definition) is 4. The largest absolute Gasteiger partial charge is 0.335 e. The first kappa shape index (κ1) is 16.3. The van der Waals surface area contributed by atoms with Crippen LogP contribution in [0.3, 0.4) is 0 Å². The average Bonchev–Trinajstić information content (AvgIpc) is 3.24. The third kappa shape index (κ3) is 2.95. The number of likely N-dealkylation sites (tertiary alicyclic amines) is 1. The number of nitrogens with zero attached hydrogens (tertiary/aromatic N) is 2. The molecule has 2 aromatic rings. The van der Waals surface area contributed by atoms with Gasteiger partial charge in [0.1, 0.15) is 0 Å². The van der Waals surface area contributed by atoms with Crippen LogP contribution in [0.4, 0.5) is 0 Å². The lowest BCUT2D eigenvalue weighted by molar-refractivity contribution is 0.0704. The van der Waals surface area contributed by atoms with Crippen LogP contribution in [0.2, 0.25) is 0 Å². The molecule has 0 unspecified atom stereocenters. The Morgan fingerprint density at radius 3 is 2.52 bits per heavy atom. The number of carbonyl (C=O) groups is 1. The molecule has 130 valence electrons. The van der Waals surface area contributed by atoms with Gasteiger partial charge in [0.15, 0.2) is 9.84 Å². The van der Waals surface area contributed by atoms with E-state index < -0.39 is 9.84 Å². The number of amides is 1. The Hall–Kier alpha value is -2.21.